The Labute approximate surface area is 94.7 Å². The van der Waals surface area contributed by atoms with E-state index in [1.807, 2.05) is 24.3 Å². The van der Waals surface area contributed by atoms with Crippen LogP contribution in [0.3, 0.4) is 0 Å². The monoisotopic (exact) mass is 220 g/mol. The Kier molecular flexibility index (Phi) is 3.24. The van der Waals surface area contributed by atoms with Crippen molar-refractivity contribution in [3.05, 3.63) is 58.7 Å². The number of aliphatic hydroxyl groups excluding tert-OH is 1. The van der Waals surface area contributed by atoms with Crippen LogP contribution in [0.1, 0.15) is 24.5 Å². The SMILES string of the molecule is OC(C1=CCC=CC1)c1cccc(Cl)c1. The van der Waals surface area contributed by atoms with Gasteiger partial charge in [0.25, 0.3) is 0 Å². The standard InChI is InChI=1S/C13H13ClO/c14-12-8-4-7-11(9-12)13(15)10-5-2-1-3-6-10/h1-2,4,6-9,13,15H,3,5H2. The Hall–Kier alpha value is -1.05. The molecule has 0 saturated carbocycles. The molecule has 0 bridgehead atoms. The van der Waals surface area contributed by atoms with Gasteiger partial charge in [-0.25, -0.2) is 0 Å². The molecule has 0 fully saturated rings. The topological polar surface area (TPSA) is 20.2 Å². The minimum atomic E-state index is -0.520. The summed E-state index contributed by atoms with van der Waals surface area (Å²) in [5.74, 6) is 0. The van der Waals surface area contributed by atoms with Gasteiger partial charge in [0.1, 0.15) is 6.10 Å². The average Bonchev–Trinajstić information content (AvgIpc) is 2.29. The summed E-state index contributed by atoms with van der Waals surface area (Å²) in [5.41, 5.74) is 1.92. The Morgan fingerprint density at radius 1 is 1.27 bits per heavy atom. The van der Waals surface area contributed by atoms with Gasteiger partial charge in [-0.2, -0.15) is 0 Å². The summed E-state index contributed by atoms with van der Waals surface area (Å²) in [6.07, 6.45) is 7.48. The van der Waals surface area contributed by atoms with Crippen LogP contribution in [0.25, 0.3) is 0 Å². The van der Waals surface area contributed by atoms with Crippen molar-refractivity contribution in [3.8, 4) is 0 Å². The number of hydrogen-bond donors (Lipinski definition) is 1. The summed E-state index contributed by atoms with van der Waals surface area (Å²) in [5, 5.41) is 10.8. The molecule has 1 aliphatic carbocycles. The average molecular weight is 221 g/mol. The van der Waals surface area contributed by atoms with E-state index in [4.69, 9.17) is 11.6 Å². The van der Waals surface area contributed by atoms with Gasteiger partial charge in [0, 0.05) is 5.02 Å². The van der Waals surface area contributed by atoms with Crippen LogP contribution in [0.15, 0.2) is 48.1 Å². The van der Waals surface area contributed by atoms with Crippen LogP contribution in [0.5, 0.6) is 0 Å². The lowest BCUT2D eigenvalue weighted by atomic mass is 9.95. The summed E-state index contributed by atoms with van der Waals surface area (Å²) < 4.78 is 0. The van der Waals surface area contributed by atoms with Crippen LogP contribution < -0.4 is 0 Å². The van der Waals surface area contributed by atoms with Gasteiger partial charge in [-0.3, -0.25) is 0 Å². The first-order valence-corrected chi connectivity index (χ1v) is 5.42. The number of hydrogen-bond acceptors (Lipinski definition) is 1. The first-order valence-electron chi connectivity index (χ1n) is 5.05. The van der Waals surface area contributed by atoms with Gasteiger partial charge in [0.2, 0.25) is 0 Å². The van der Waals surface area contributed by atoms with Gasteiger partial charge >= 0.3 is 0 Å². The molecule has 1 atom stereocenters. The second kappa shape index (κ2) is 4.65. The molecule has 0 heterocycles. The van der Waals surface area contributed by atoms with Crippen molar-refractivity contribution in [2.45, 2.75) is 18.9 Å². The van der Waals surface area contributed by atoms with E-state index in [2.05, 4.69) is 18.2 Å². The van der Waals surface area contributed by atoms with E-state index in [9.17, 15) is 5.11 Å². The third-order valence-corrected chi connectivity index (χ3v) is 2.79. The van der Waals surface area contributed by atoms with Crippen LogP contribution in [0.4, 0.5) is 0 Å². The van der Waals surface area contributed by atoms with E-state index in [0.717, 1.165) is 24.0 Å². The predicted molar refractivity (Wildman–Crippen MR) is 62.9 cm³/mol. The molecule has 0 saturated heterocycles. The van der Waals surface area contributed by atoms with Crippen molar-refractivity contribution in [1.29, 1.82) is 0 Å². The highest BCUT2D eigenvalue weighted by atomic mass is 35.5. The zero-order valence-corrected chi connectivity index (χ0v) is 9.11. The van der Waals surface area contributed by atoms with Crippen molar-refractivity contribution >= 4 is 11.6 Å². The van der Waals surface area contributed by atoms with E-state index < -0.39 is 6.10 Å². The molecule has 1 aliphatic rings. The zero-order valence-electron chi connectivity index (χ0n) is 8.36. The van der Waals surface area contributed by atoms with Gasteiger partial charge < -0.3 is 5.11 Å². The Morgan fingerprint density at radius 3 is 2.80 bits per heavy atom. The molecule has 1 nitrogen and oxygen atoms in total. The minimum Gasteiger partial charge on any atom is -0.384 e. The number of rotatable bonds is 2. The molecule has 15 heavy (non-hydrogen) atoms. The smallest absolute Gasteiger partial charge is 0.100 e. The molecule has 0 amide bonds. The zero-order chi connectivity index (χ0) is 10.7. The summed E-state index contributed by atoms with van der Waals surface area (Å²) in [6, 6.07) is 7.38. The van der Waals surface area contributed by atoms with E-state index in [1.165, 1.54) is 0 Å². The molecule has 1 aromatic carbocycles. The highest BCUT2D eigenvalue weighted by molar-refractivity contribution is 6.30. The molecule has 0 aliphatic heterocycles. The summed E-state index contributed by atoms with van der Waals surface area (Å²) in [4.78, 5) is 0. The van der Waals surface area contributed by atoms with E-state index in [-0.39, 0.29) is 0 Å². The van der Waals surface area contributed by atoms with Crippen LogP contribution in [0, 0.1) is 0 Å². The predicted octanol–water partition coefficient (Wildman–Crippen LogP) is 3.65. The Morgan fingerprint density at radius 2 is 2.13 bits per heavy atom. The molecule has 0 aromatic heterocycles. The molecule has 2 heteroatoms. The van der Waals surface area contributed by atoms with Crippen LogP contribution in [0.2, 0.25) is 5.02 Å². The first-order chi connectivity index (χ1) is 7.27. The third-order valence-electron chi connectivity index (χ3n) is 2.55. The first kappa shape index (κ1) is 10.5. The Bertz CT molecular complexity index is 407. The van der Waals surface area contributed by atoms with Crippen molar-refractivity contribution in [2.24, 2.45) is 0 Å². The van der Waals surface area contributed by atoms with E-state index >= 15 is 0 Å². The molecular formula is C13H13ClO. The maximum atomic E-state index is 10.1. The lowest BCUT2D eigenvalue weighted by molar-refractivity contribution is 0.212. The fourth-order valence-electron chi connectivity index (χ4n) is 1.73. The van der Waals surface area contributed by atoms with E-state index in [1.54, 1.807) is 0 Å². The molecule has 78 valence electrons. The lowest BCUT2D eigenvalue weighted by Crippen LogP contribution is -2.02. The maximum absolute atomic E-state index is 10.1. The summed E-state index contributed by atoms with van der Waals surface area (Å²) >= 11 is 5.88. The van der Waals surface area contributed by atoms with Gasteiger partial charge in [0.15, 0.2) is 0 Å². The summed E-state index contributed by atoms with van der Waals surface area (Å²) in [6.45, 7) is 0. The fourth-order valence-corrected chi connectivity index (χ4v) is 1.93. The van der Waals surface area contributed by atoms with Crippen LogP contribution in [-0.4, -0.2) is 5.11 Å². The normalized spacial score (nSPS) is 17.3. The van der Waals surface area contributed by atoms with Crippen LogP contribution >= 0.6 is 11.6 Å². The van der Waals surface area contributed by atoms with E-state index in [0.29, 0.717) is 5.02 Å². The summed E-state index contributed by atoms with van der Waals surface area (Å²) in [7, 11) is 0. The fraction of sp³-hybridized carbons (Fsp3) is 0.231. The van der Waals surface area contributed by atoms with Crippen molar-refractivity contribution < 1.29 is 5.11 Å². The third kappa shape index (κ3) is 2.49. The lowest BCUT2D eigenvalue weighted by Gasteiger charge is -2.16. The second-order valence-electron chi connectivity index (χ2n) is 3.65. The molecule has 0 spiro atoms. The maximum Gasteiger partial charge on any atom is 0.100 e. The van der Waals surface area contributed by atoms with Crippen molar-refractivity contribution in [2.75, 3.05) is 0 Å². The molecule has 2 rings (SSSR count). The largest absolute Gasteiger partial charge is 0.384 e. The second-order valence-corrected chi connectivity index (χ2v) is 4.08. The molecule has 0 radical (unpaired) electrons. The highest BCUT2D eigenvalue weighted by Gasteiger charge is 2.13. The van der Waals surface area contributed by atoms with Gasteiger partial charge in [-0.05, 0) is 36.1 Å². The van der Waals surface area contributed by atoms with Gasteiger partial charge in [-0.15, -0.1) is 0 Å². The molecule has 1 unspecified atom stereocenters. The molecule has 1 aromatic rings. The highest BCUT2D eigenvalue weighted by Crippen LogP contribution is 2.28. The quantitative estimate of drug-likeness (QED) is 0.755. The molecule has 1 N–H and O–H groups in total. The van der Waals surface area contributed by atoms with Crippen LogP contribution in [-0.2, 0) is 0 Å². The Balaban J connectivity index is 2.20. The minimum absolute atomic E-state index is 0.520. The van der Waals surface area contributed by atoms with Gasteiger partial charge in [0.05, 0.1) is 0 Å². The number of allylic oxidation sites excluding steroid dienone is 3. The van der Waals surface area contributed by atoms with Crippen molar-refractivity contribution in [3.63, 3.8) is 0 Å². The van der Waals surface area contributed by atoms with Gasteiger partial charge in [-0.1, -0.05) is 42.0 Å². The molecular weight excluding hydrogens is 208 g/mol. The number of benzene rings is 1. The van der Waals surface area contributed by atoms with Crippen molar-refractivity contribution in [1.82, 2.24) is 0 Å². The number of halogens is 1. The number of aliphatic hydroxyl groups is 1.